The number of rotatable bonds is 3. The first-order valence-electron chi connectivity index (χ1n) is 8.35. The van der Waals surface area contributed by atoms with Gasteiger partial charge in [0.05, 0.1) is 5.39 Å². The second-order valence-electron chi connectivity index (χ2n) is 6.40. The van der Waals surface area contributed by atoms with Crippen LogP contribution in [0.2, 0.25) is 0 Å². The molecule has 0 bridgehead atoms. The van der Waals surface area contributed by atoms with Gasteiger partial charge in [0.15, 0.2) is 0 Å². The molecule has 5 heteroatoms. The fourth-order valence-corrected chi connectivity index (χ4v) is 4.29. The van der Waals surface area contributed by atoms with E-state index in [1.165, 1.54) is 29.0 Å². The number of halogens is 1. The Morgan fingerprint density at radius 3 is 2.62 bits per heavy atom. The van der Waals surface area contributed by atoms with E-state index in [0.717, 1.165) is 21.6 Å². The minimum Gasteiger partial charge on any atom is -0.310 e. The molecule has 0 radical (unpaired) electrons. The van der Waals surface area contributed by atoms with Crippen LogP contribution in [0.5, 0.6) is 0 Å². The van der Waals surface area contributed by atoms with Crippen LogP contribution in [0.4, 0.5) is 4.39 Å². The SMILES string of the molecule is Cc1cccc(Cc2nc3sc(C)c(-c4ccc(F)cc4)c3c(=O)[nH]2)c1. The average molecular weight is 364 g/mol. The van der Waals surface area contributed by atoms with Gasteiger partial charge in [0.1, 0.15) is 16.5 Å². The third kappa shape index (κ3) is 3.06. The molecule has 0 saturated carbocycles. The van der Waals surface area contributed by atoms with Crippen LogP contribution in [0.25, 0.3) is 21.3 Å². The molecule has 0 saturated heterocycles. The zero-order chi connectivity index (χ0) is 18.3. The quantitative estimate of drug-likeness (QED) is 0.556. The van der Waals surface area contributed by atoms with Crippen LogP contribution in [0.3, 0.4) is 0 Å². The van der Waals surface area contributed by atoms with E-state index in [-0.39, 0.29) is 11.4 Å². The van der Waals surface area contributed by atoms with E-state index >= 15 is 0 Å². The summed E-state index contributed by atoms with van der Waals surface area (Å²) >= 11 is 1.49. The second kappa shape index (κ2) is 6.50. The first-order chi connectivity index (χ1) is 12.5. The van der Waals surface area contributed by atoms with Crippen LogP contribution in [-0.4, -0.2) is 9.97 Å². The fraction of sp³-hybridized carbons (Fsp3) is 0.143. The van der Waals surface area contributed by atoms with Gasteiger partial charge < -0.3 is 4.98 Å². The van der Waals surface area contributed by atoms with E-state index in [1.54, 1.807) is 12.1 Å². The van der Waals surface area contributed by atoms with E-state index in [1.807, 2.05) is 32.0 Å². The van der Waals surface area contributed by atoms with Crippen molar-refractivity contribution < 1.29 is 4.39 Å². The van der Waals surface area contributed by atoms with Gasteiger partial charge in [-0.1, -0.05) is 42.0 Å². The molecule has 26 heavy (non-hydrogen) atoms. The summed E-state index contributed by atoms with van der Waals surface area (Å²) in [6, 6.07) is 14.4. The molecule has 0 aliphatic carbocycles. The lowest BCUT2D eigenvalue weighted by atomic mass is 10.0. The topological polar surface area (TPSA) is 45.8 Å². The van der Waals surface area contributed by atoms with Gasteiger partial charge in [-0.25, -0.2) is 9.37 Å². The third-order valence-corrected chi connectivity index (χ3v) is 5.37. The molecule has 0 unspecified atom stereocenters. The van der Waals surface area contributed by atoms with Gasteiger partial charge in [-0.3, -0.25) is 4.79 Å². The lowest BCUT2D eigenvalue weighted by Gasteiger charge is -2.04. The molecule has 2 aromatic heterocycles. The van der Waals surface area contributed by atoms with Gasteiger partial charge in [-0.15, -0.1) is 11.3 Å². The monoisotopic (exact) mass is 364 g/mol. The molecule has 0 aliphatic heterocycles. The normalized spacial score (nSPS) is 11.2. The number of benzene rings is 2. The van der Waals surface area contributed by atoms with Crippen molar-refractivity contribution in [2.75, 3.05) is 0 Å². The van der Waals surface area contributed by atoms with Gasteiger partial charge in [0.25, 0.3) is 5.56 Å². The van der Waals surface area contributed by atoms with Crippen molar-refractivity contribution in [3.63, 3.8) is 0 Å². The summed E-state index contributed by atoms with van der Waals surface area (Å²) < 4.78 is 13.2. The van der Waals surface area contributed by atoms with Crippen molar-refractivity contribution in [3.05, 3.63) is 86.5 Å². The molecule has 0 amide bonds. The lowest BCUT2D eigenvalue weighted by molar-refractivity contribution is 0.628. The highest BCUT2D eigenvalue weighted by Gasteiger charge is 2.16. The highest BCUT2D eigenvalue weighted by Crippen LogP contribution is 2.35. The number of aromatic nitrogens is 2. The Balaban J connectivity index is 1.82. The predicted octanol–water partition coefficient (Wildman–Crippen LogP) is 5.00. The van der Waals surface area contributed by atoms with Gasteiger partial charge in [-0.2, -0.15) is 0 Å². The maximum Gasteiger partial charge on any atom is 0.260 e. The number of thiophene rings is 1. The molecule has 2 aromatic carbocycles. The molecule has 4 aromatic rings. The largest absolute Gasteiger partial charge is 0.310 e. The summed E-state index contributed by atoms with van der Waals surface area (Å²) in [4.78, 5) is 22.1. The molecule has 130 valence electrons. The molecule has 0 atom stereocenters. The third-order valence-electron chi connectivity index (χ3n) is 4.37. The highest BCUT2D eigenvalue weighted by molar-refractivity contribution is 7.19. The predicted molar refractivity (Wildman–Crippen MR) is 104 cm³/mol. The number of fused-ring (bicyclic) bond motifs is 1. The summed E-state index contributed by atoms with van der Waals surface area (Å²) in [7, 11) is 0. The Hall–Kier alpha value is -2.79. The number of nitrogens with zero attached hydrogens (tertiary/aromatic N) is 1. The zero-order valence-corrected chi connectivity index (χ0v) is 15.3. The zero-order valence-electron chi connectivity index (χ0n) is 14.5. The highest BCUT2D eigenvalue weighted by atomic mass is 32.1. The molecular formula is C21H17FN2OS. The molecule has 2 heterocycles. The summed E-state index contributed by atoms with van der Waals surface area (Å²) in [6.07, 6.45) is 0.579. The van der Waals surface area contributed by atoms with Gasteiger partial charge in [0, 0.05) is 16.9 Å². The summed E-state index contributed by atoms with van der Waals surface area (Å²) in [5, 5.41) is 0.576. The Bertz CT molecular complexity index is 1160. The molecule has 0 fully saturated rings. The minimum atomic E-state index is -0.293. The summed E-state index contributed by atoms with van der Waals surface area (Å²) in [5.41, 5.74) is 3.80. The molecule has 0 aliphatic rings. The fourth-order valence-electron chi connectivity index (χ4n) is 3.23. The second-order valence-corrected chi connectivity index (χ2v) is 7.60. The van der Waals surface area contributed by atoms with Crippen molar-refractivity contribution in [2.45, 2.75) is 20.3 Å². The standard InChI is InChI=1S/C21H17FN2OS/c1-12-4-3-5-14(10-12)11-17-23-20(25)19-18(13(2)26-21(19)24-17)15-6-8-16(22)9-7-15/h3-10H,11H2,1-2H3,(H,23,24,25). The Morgan fingerprint density at radius 2 is 1.88 bits per heavy atom. The van der Waals surface area contributed by atoms with E-state index in [4.69, 9.17) is 0 Å². The van der Waals surface area contributed by atoms with Crippen molar-refractivity contribution in [3.8, 4) is 11.1 Å². The lowest BCUT2D eigenvalue weighted by Crippen LogP contribution is -2.11. The van der Waals surface area contributed by atoms with Crippen LogP contribution in [-0.2, 0) is 6.42 Å². The van der Waals surface area contributed by atoms with E-state index in [0.29, 0.717) is 22.5 Å². The number of H-pyrrole nitrogens is 1. The number of hydrogen-bond acceptors (Lipinski definition) is 3. The van der Waals surface area contributed by atoms with Gasteiger partial charge in [-0.05, 0) is 37.1 Å². The Kier molecular flexibility index (Phi) is 4.17. The van der Waals surface area contributed by atoms with Crippen molar-refractivity contribution >= 4 is 21.6 Å². The van der Waals surface area contributed by atoms with E-state index in [2.05, 4.69) is 16.0 Å². The average Bonchev–Trinajstić information content (AvgIpc) is 2.92. The van der Waals surface area contributed by atoms with Crippen LogP contribution >= 0.6 is 11.3 Å². The smallest absolute Gasteiger partial charge is 0.260 e. The van der Waals surface area contributed by atoms with Crippen molar-refractivity contribution in [2.24, 2.45) is 0 Å². The van der Waals surface area contributed by atoms with Crippen molar-refractivity contribution in [1.82, 2.24) is 9.97 Å². The van der Waals surface area contributed by atoms with Crippen LogP contribution < -0.4 is 5.56 Å². The number of aromatic amines is 1. The number of aryl methyl sites for hydroxylation is 2. The first kappa shape index (κ1) is 16.7. The molecular weight excluding hydrogens is 347 g/mol. The van der Waals surface area contributed by atoms with Crippen LogP contribution in [0.1, 0.15) is 21.8 Å². The molecule has 1 N–H and O–H groups in total. The number of hydrogen-bond donors (Lipinski definition) is 1. The Labute approximate surface area is 154 Å². The maximum atomic E-state index is 13.2. The van der Waals surface area contributed by atoms with Gasteiger partial charge >= 0.3 is 0 Å². The van der Waals surface area contributed by atoms with E-state index in [9.17, 15) is 9.18 Å². The maximum absolute atomic E-state index is 13.2. The van der Waals surface area contributed by atoms with E-state index < -0.39 is 0 Å². The molecule has 0 spiro atoms. The van der Waals surface area contributed by atoms with Gasteiger partial charge in [0.2, 0.25) is 0 Å². The Morgan fingerprint density at radius 1 is 1.12 bits per heavy atom. The summed E-state index contributed by atoms with van der Waals surface area (Å²) in [5.74, 6) is 0.360. The van der Waals surface area contributed by atoms with Crippen LogP contribution in [0.15, 0.2) is 53.3 Å². The number of nitrogens with one attached hydrogen (secondary N) is 1. The summed E-state index contributed by atoms with van der Waals surface area (Å²) in [6.45, 7) is 4.01. The van der Waals surface area contributed by atoms with Crippen LogP contribution in [0, 0.1) is 19.7 Å². The molecule has 4 rings (SSSR count). The van der Waals surface area contributed by atoms with Crippen molar-refractivity contribution in [1.29, 1.82) is 0 Å². The molecule has 3 nitrogen and oxygen atoms in total. The first-order valence-corrected chi connectivity index (χ1v) is 9.16. The minimum absolute atomic E-state index is 0.152.